The highest BCUT2D eigenvalue weighted by atomic mass is 127. The highest BCUT2D eigenvalue weighted by Gasteiger charge is 2.02. The van der Waals surface area contributed by atoms with E-state index in [1.165, 1.54) is 5.56 Å². The van der Waals surface area contributed by atoms with Gasteiger partial charge in [0.25, 0.3) is 0 Å². The van der Waals surface area contributed by atoms with Gasteiger partial charge in [-0.1, -0.05) is 17.7 Å². The van der Waals surface area contributed by atoms with E-state index in [-0.39, 0.29) is 0 Å². The average molecular weight is 345 g/mol. The summed E-state index contributed by atoms with van der Waals surface area (Å²) in [6.07, 6.45) is 0. The Morgan fingerprint density at radius 3 is 2.38 bits per heavy atom. The predicted octanol–water partition coefficient (Wildman–Crippen LogP) is 5.05. The van der Waals surface area contributed by atoms with Crippen LogP contribution in [-0.2, 0) is 0 Å². The fourth-order valence-electron chi connectivity index (χ4n) is 1.32. The van der Waals surface area contributed by atoms with Crippen LogP contribution < -0.4 is 4.74 Å². The lowest BCUT2D eigenvalue weighted by atomic mass is 10.2. The molecule has 0 aromatic heterocycles. The van der Waals surface area contributed by atoms with Crippen LogP contribution in [0.25, 0.3) is 0 Å². The third-order valence-electron chi connectivity index (χ3n) is 2.13. The summed E-state index contributed by atoms with van der Waals surface area (Å²) in [5.41, 5.74) is 1.23. The zero-order valence-corrected chi connectivity index (χ0v) is 11.6. The van der Waals surface area contributed by atoms with Crippen LogP contribution in [0.3, 0.4) is 0 Å². The summed E-state index contributed by atoms with van der Waals surface area (Å²) in [5.74, 6) is 1.67. The van der Waals surface area contributed by atoms with E-state index in [2.05, 4.69) is 35.6 Å². The molecular weight excluding hydrogens is 334 g/mol. The SMILES string of the molecule is Cc1ccc(Oc2ccc(Cl)cc2)c(I)c1. The van der Waals surface area contributed by atoms with Crippen molar-refractivity contribution >= 4 is 34.2 Å². The van der Waals surface area contributed by atoms with Gasteiger partial charge in [0.2, 0.25) is 0 Å². The van der Waals surface area contributed by atoms with Gasteiger partial charge in [0, 0.05) is 5.02 Å². The van der Waals surface area contributed by atoms with Gasteiger partial charge in [-0.05, 0) is 71.5 Å². The molecule has 16 heavy (non-hydrogen) atoms. The largest absolute Gasteiger partial charge is 0.456 e. The van der Waals surface area contributed by atoms with Crippen LogP contribution in [-0.4, -0.2) is 0 Å². The molecule has 0 atom stereocenters. The Bertz CT molecular complexity index is 494. The molecule has 0 fully saturated rings. The second-order valence-electron chi connectivity index (χ2n) is 3.49. The van der Waals surface area contributed by atoms with Crippen LogP contribution in [0.4, 0.5) is 0 Å². The van der Waals surface area contributed by atoms with Gasteiger partial charge in [-0.15, -0.1) is 0 Å². The minimum Gasteiger partial charge on any atom is -0.456 e. The predicted molar refractivity (Wildman–Crippen MR) is 75.4 cm³/mol. The van der Waals surface area contributed by atoms with E-state index in [1.807, 2.05) is 36.4 Å². The average Bonchev–Trinajstić information content (AvgIpc) is 2.25. The minimum absolute atomic E-state index is 0.714. The minimum atomic E-state index is 0.714. The Labute approximate surface area is 114 Å². The van der Waals surface area contributed by atoms with Gasteiger partial charge in [-0.25, -0.2) is 0 Å². The molecule has 0 bridgehead atoms. The van der Waals surface area contributed by atoms with Crippen LogP contribution in [0.2, 0.25) is 5.02 Å². The molecular formula is C13H10ClIO. The summed E-state index contributed by atoms with van der Waals surface area (Å²) >= 11 is 8.08. The first-order chi connectivity index (χ1) is 7.65. The van der Waals surface area contributed by atoms with Crippen molar-refractivity contribution in [1.82, 2.24) is 0 Å². The van der Waals surface area contributed by atoms with E-state index >= 15 is 0 Å². The second kappa shape index (κ2) is 5.06. The fraction of sp³-hybridized carbons (Fsp3) is 0.0769. The summed E-state index contributed by atoms with van der Waals surface area (Å²) in [5, 5.41) is 0.714. The lowest BCUT2D eigenvalue weighted by Crippen LogP contribution is -1.87. The molecule has 0 aliphatic carbocycles. The van der Waals surface area contributed by atoms with Crippen molar-refractivity contribution in [3.05, 3.63) is 56.6 Å². The molecule has 0 aliphatic rings. The standard InChI is InChI=1S/C13H10ClIO/c1-9-2-7-13(12(15)8-9)16-11-5-3-10(14)4-6-11/h2-8H,1H3. The van der Waals surface area contributed by atoms with Gasteiger partial charge < -0.3 is 4.74 Å². The topological polar surface area (TPSA) is 9.23 Å². The first kappa shape index (κ1) is 11.7. The molecule has 0 unspecified atom stereocenters. The van der Waals surface area contributed by atoms with Crippen LogP contribution in [0.5, 0.6) is 11.5 Å². The third-order valence-corrected chi connectivity index (χ3v) is 3.22. The Morgan fingerprint density at radius 2 is 1.75 bits per heavy atom. The van der Waals surface area contributed by atoms with Gasteiger partial charge >= 0.3 is 0 Å². The van der Waals surface area contributed by atoms with Crippen molar-refractivity contribution in [2.24, 2.45) is 0 Å². The number of aryl methyl sites for hydroxylation is 1. The molecule has 0 saturated carbocycles. The summed E-state index contributed by atoms with van der Waals surface area (Å²) in [6, 6.07) is 13.5. The quantitative estimate of drug-likeness (QED) is 0.693. The number of ether oxygens (including phenoxy) is 1. The van der Waals surface area contributed by atoms with E-state index in [0.29, 0.717) is 5.02 Å². The monoisotopic (exact) mass is 344 g/mol. The number of benzene rings is 2. The van der Waals surface area contributed by atoms with Crippen molar-refractivity contribution in [3.63, 3.8) is 0 Å². The molecule has 2 aromatic carbocycles. The normalized spacial score (nSPS) is 10.2. The number of hydrogen-bond donors (Lipinski definition) is 0. The fourth-order valence-corrected chi connectivity index (χ4v) is 2.23. The summed E-state index contributed by atoms with van der Waals surface area (Å²) in [6.45, 7) is 2.06. The lowest BCUT2D eigenvalue weighted by Gasteiger charge is -2.08. The maximum atomic E-state index is 5.81. The third kappa shape index (κ3) is 2.89. The summed E-state index contributed by atoms with van der Waals surface area (Å²) < 4.78 is 6.86. The summed E-state index contributed by atoms with van der Waals surface area (Å²) in [4.78, 5) is 0. The lowest BCUT2D eigenvalue weighted by molar-refractivity contribution is 0.479. The Morgan fingerprint density at radius 1 is 1.06 bits per heavy atom. The molecule has 2 aromatic rings. The van der Waals surface area contributed by atoms with Gasteiger partial charge in [-0.3, -0.25) is 0 Å². The first-order valence-electron chi connectivity index (χ1n) is 4.85. The van der Waals surface area contributed by atoms with Crippen molar-refractivity contribution < 1.29 is 4.74 Å². The van der Waals surface area contributed by atoms with E-state index in [0.717, 1.165) is 15.1 Å². The molecule has 0 aliphatic heterocycles. The highest BCUT2D eigenvalue weighted by Crippen LogP contribution is 2.28. The van der Waals surface area contributed by atoms with Crippen molar-refractivity contribution in [2.45, 2.75) is 6.92 Å². The van der Waals surface area contributed by atoms with Crippen LogP contribution in [0.15, 0.2) is 42.5 Å². The van der Waals surface area contributed by atoms with Gasteiger partial charge in [0.05, 0.1) is 3.57 Å². The molecule has 2 rings (SSSR count). The molecule has 0 radical (unpaired) electrons. The Kier molecular flexibility index (Phi) is 3.71. The molecule has 1 nitrogen and oxygen atoms in total. The van der Waals surface area contributed by atoms with Crippen molar-refractivity contribution in [2.75, 3.05) is 0 Å². The molecule has 3 heteroatoms. The number of rotatable bonds is 2. The van der Waals surface area contributed by atoms with E-state index in [4.69, 9.17) is 16.3 Å². The number of hydrogen-bond acceptors (Lipinski definition) is 1. The molecule has 0 saturated heterocycles. The molecule has 0 amide bonds. The highest BCUT2D eigenvalue weighted by molar-refractivity contribution is 14.1. The second-order valence-corrected chi connectivity index (χ2v) is 5.09. The molecule has 0 spiro atoms. The number of halogens is 2. The van der Waals surface area contributed by atoms with E-state index in [1.54, 1.807) is 0 Å². The molecule has 0 heterocycles. The van der Waals surface area contributed by atoms with Gasteiger partial charge in [0.1, 0.15) is 11.5 Å². The Hall–Kier alpha value is -0.740. The smallest absolute Gasteiger partial charge is 0.140 e. The summed E-state index contributed by atoms with van der Waals surface area (Å²) in [7, 11) is 0. The first-order valence-corrected chi connectivity index (χ1v) is 6.30. The van der Waals surface area contributed by atoms with Gasteiger partial charge in [0.15, 0.2) is 0 Å². The van der Waals surface area contributed by atoms with Crippen LogP contribution in [0.1, 0.15) is 5.56 Å². The van der Waals surface area contributed by atoms with E-state index < -0.39 is 0 Å². The van der Waals surface area contributed by atoms with Gasteiger partial charge in [-0.2, -0.15) is 0 Å². The maximum absolute atomic E-state index is 5.81. The van der Waals surface area contributed by atoms with Crippen LogP contribution in [0, 0.1) is 10.5 Å². The van der Waals surface area contributed by atoms with Crippen molar-refractivity contribution in [3.8, 4) is 11.5 Å². The van der Waals surface area contributed by atoms with Crippen LogP contribution >= 0.6 is 34.2 Å². The molecule has 82 valence electrons. The molecule has 0 N–H and O–H groups in total. The maximum Gasteiger partial charge on any atom is 0.140 e. The van der Waals surface area contributed by atoms with Crippen molar-refractivity contribution in [1.29, 1.82) is 0 Å². The Balaban J connectivity index is 2.23. The van der Waals surface area contributed by atoms with E-state index in [9.17, 15) is 0 Å². The zero-order valence-electron chi connectivity index (χ0n) is 8.71. The zero-order chi connectivity index (χ0) is 11.5.